The van der Waals surface area contributed by atoms with Gasteiger partial charge in [-0.1, -0.05) is 0 Å². The lowest BCUT2D eigenvalue weighted by molar-refractivity contribution is -0.144. The first-order valence-electron chi connectivity index (χ1n) is 7.56. The summed E-state index contributed by atoms with van der Waals surface area (Å²) < 4.78 is 12.8. The molecular formula is C16H19FN2O4S. The fourth-order valence-corrected chi connectivity index (χ4v) is 2.91. The third-order valence-electron chi connectivity index (χ3n) is 3.52. The Balaban J connectivity index is 1.81. The number of hydrogen-bond donors (Lipinski definition) is 2. The highest BCUT2D eigenvalue weighted by molar-refractivity contribution is 8.01. The van der Waals surface area contributed by atoms with Gasteiger partial charge in [-0.05, 0) is 44.0 Å². The van der Waals surface area contributed by atoms with Crippen LogP contribution in [-0.2, 0) is 14.4 Å². The van der Waals surface area contributed by atoms with Crippen molar-refractivity contribution in [1.29, 1.82) is 0 Å². The number of anilines is 1. The first kappa shape index (κ1) is 18.3. The van der Waals surface area contributed by atoms with E-state index in [-0.39, 0.29) is 36.0 Å². The summed E-state index contributed by atoms with van der Waals surface area (Å²) in [6.07, 6.45) is 1.64. The molecule has 130 valence electrons. The number of carboxylic acid groups (broad SMARTS) is 1. The number of hydrogen-bond acceptors (Lipinski definition) is 4. The van der Waals surface area contributed by atoms with E-state index in [1.54, 1.807) is 6.92 Å². The summed E-state index contributed by atoms with van der Waals surface area (Å²) in [6, 6.07) is 5.40. The molecule has 2 rings (SSSR count). The van der Waals surface area contributed by atoms with Crippen LogP contribution >= 0.6 is 11.8 Å². The van der Waals surface area contributed by atoms with Crippen molar-refractivity contribution in [3.05, 3.63) is 30.1 Å². The maximum absolute atomic E-state index is 12.8. The van der Waals surface area contributed by atoms with Gasteiger partial charge in [-0.15, -0.1) is 11.8 Å². The van der Waals surface area contributed by atoms with Crippen LogP contribution in [0.2, 0.25) is 0 Å². The van der Waals surface area contributed by atoms with Crippen LogP contribution in [0, 0.1) is 5.82 Å². The molecule has 1 saturated carbocycles. The third-order valence-corrected chi connectivity index (χ3v) is 4.65. The van der Waals surface area contributed by atoms with Gasteiger partial charge in [-0.2, -0.15) is 0 Å². The van der Waals surface area contributed by atoms with Crippen molar-refractivity contribution in [2.24, 2.45) is 0 Å². The number of nitrogens with one attached hydrogen (secondary N) is 1. The van der Waals surface area contributed by atoms with Crippen LogP contribution in [0.15, 0.2) is 24.3 Å². The largest absolute Gasteiger partial charge is 0.480 e. The number of thioether (sulfide) groups is 1. The van der Waals surface area contributed by atoms with E-state index in [4.69, 9.17) is 5.11 Å². The maximum atomic E-state index is 12.8. The normalized spacial score (nSPS) is 14.8. The standard InChI is InChI=1S/C16H19FN2O4S/c1-10(16(23)19(8-15(21)22)13-6-7-13)24-9-14(20)18-12-4-2-11(17)3-5-12/h2-5,10,13H,6-9H2,1H3,(H,18,20)(H,21,22). The number of carbonyl (C=O) groups excluding carboxylic acids is 2. The molecule has 8 heteroatoms. The molecule has 0 spiro atoms. The number of benzene rings is 1. The van der Waals surface area contributed by atoms with E-state index in [0.717, 1.165) is 24.6 Å². The van der Waals surface area contributed by atoms with Crippen LogP contribution in [-0.4, -0.2) is 51.4 Å². The Morgan fingerprint density at radius 1 is 1.33 bits per heavy atom. The molecule has 1 atom stereocenters. The number of carbonyl (C=O) groups is 3. The minimum atomic E-state index is -1.04. The molecular weight excluding hydrogens is 335 g/mol. The lowest BCUT2D eigenvalue weighted by atomic mass is 10.3. The second kappa shape index (κ2) is 8.14. The van der Waals surface area contributed by atoms with Gasteiger partial charge in [0, 0.05) is 11.7 Å². The SMILES string of the molecule is CC(SCC(=O)Nc1ccc(F)cc1)C(=O)N(CC(=O)O)C1CC1. The minimum absolute atomic E-state index is 0.00434. The van der Waals surface area contributed by atoms with Crippen LogP contribution < -0.4 is 5.32 Å². The molecule has 1 aromatic rings. The fourth-order valence-electron chi connectivity index (χ4n) is 2.15. The second-order valence-electron chi connectivity index (χ2n) is 5.60. The Kier molecular flexibility index (Phi) is 6.19. The van der Waals surface area contributed by atoms with Crippen molar-refractivity contribution in [1.82, 2.24) is 4.90 Å². The monoisotopic (exact) mass is 354 g/mol. The van der Waals surface area contributed by atoms with E-state index in [0.29, 0.717) is 5.69 Å². The number of nitrogens with zero attached hydrogens (tertiary/aromatic N) is 1. The van der Waals surface area contributed by atoms with Gasteiger partial charge >= 0.3 is 5.97 Å². The summed E-state index contributed by atoms with van der Waals surface area (Å²) in [4.78, 5) is 36.5. The van der Waals surface area contributed by atoms with Crippen LogP contribution in [0.25, 0.3) is 0 Å². The zero-order valence-electron chi connectivity index (χ0n) is 13.2. The summed E-state index contributed by atoms with van der Waals surface area (Å²) >= 11 is 1.15. The summed E-state index contributed by atoms with van der Waals surface area (Å²) in [7, 11) is 0. The molecule has 0 saturated heterocycles. The minimum Gasteiger partial charge on any atom is -0.480 e. The van der Waals surface area contributed by atoms with Crippen molar-refractivity contribution >= 4 is 35.2 Å². The van der Waals surface area contributed by atoms with Crippen LogP contribution in [0.4, 0.5) is 10.1 Å². The van der Waals surface area contributed by atoms with E-state index in [1.807, 2.05) is 0 Å². The quantitative estimate of drug-likeness (QED) is 0.745. The second-order valence-corrected chi connectivity index (χ2v) is 6.93. The molecule has 0 aliphatic heterocycles. The Morgan fingerprint density at radius 3 is 2.50 bits per heavy atom. The predicted molar refractivity (Wildman–Crippen MR) is 89.3 cm³/mol. The van der Waals surface area contributed by atoms with Crippen LogP contribution in [0.3, 0.4) is 0 Å². The van der Waals surface area contributed by atoms with Crippen molar-refractivity contribution in [3.63, 3.8) is 0 Å². The van der Waals surface area contributed by atoms with E-state index >= 15 is 0 Å². The van der Waals surface area contributed by atoms with Crippen LogP contribution in [0.1, 0.15) is 19.8 Å². The number of aliphatic carboxylic acids is 1. The Labute approximate surface area is 143 Å². The highest BCUT2D eigenvalue weighted by atomic mass is 32.2. The van der Waals surface area contributed by atoms with Crippen LogP contribution in [0.5, 0.6) is 0 Å². The van der Waals surface area contributed by atoms with Gasteiger partial charge in [0.05, 0.1) is 11.0 Å². The Bertz CT molecular complexity index is 619. The van der Waals surface area contributed by atoms with Gasteiger partial charge in [0.2, 0.25) is 11.8 Å². The molecule has 2 N–H and O–H groups in total. The highest BCUT2D eigenvalue weighted by Crippen LogP contribution is 2.28. The van der Waals surface area contributed by atoms with E-state index in [1.165, 1.54) is 29.2 Å². The van der Waals surface area contributed by atoms with Gasteiger partial charge in [-0.3, -0.25) is 14.4 Å². The van der Waals surface area contributed by atoms with Crippen molar-refractivity contribution in [2.75, 3.05) is 17.6 Å². The molecule has 1 fully saturated rings. The smallest absolute Gasteiger partial charge is 0.323 e. The number of amides is 2. The molecule has 1 unspecified atom stereocenters. The zero-order chi connectivity index (χ0) is 17.7. The summed E-state index contributed by atoms with van der Waals surface area (Å²) in [5.74, 6) is -1.95. The Hall–Kier alpha value is -2.09. The molecule has 1 aliphatic carbocycles. The molecule has 6 nitrogen and oxygen atoms in total. The molecule has 0 heterocycles. The molecule has 2 amide bonds. The molecule has 0 aromatic heterocycles. The van der Waals surface area contributed by atoms with Gasteiger partial charge in [0.1, 0.15) is 12.4 Å². The average Bonchev–Trinajstić information content (AvgIpc) is 3.36. The predicted octanol–water partition coefficient (Wildman–Crippen LogP) is 1.96. The van der Waals surface area contributed by atoms with E-state index in [2.05, 4.69) is 5.32 Å². The fraction of sp³-hybridized carbons (Fsp3) is 0.438. The lowest BCUT2D eigenvalue weighted by Crippen LogP contribution is -2.41. The van der Waals surface area contributed by atoms with Crippen molar-refractivity contribution in [3.8, 4) is 0 Å². The van der Waals surface area contributed by atoms with Crippen molar-refractivity contribution in [2.45, 2.75) is 31.1 Å². The Morgan fingerprint density at radius 2 is 1.96 bits per heavy atom. The molecule has 1 aliphatic rings. The summed E-state index contributed by atoms with van der Waals surface area (Å²) in [5, 5.41) is 11.0. The maximum Gasteiger partial charge on any atom is 0.323 e. The molecule has 1 aromatic carbocycles. The third kappa shape index (κ3) is 5.52. The van der Waals surface area contributed by atoms with Crippen molar-refractivity contribution < 1.29 is 23.9 Å². The zero-order valence-corrected chi connectivity index (χ0v) is 14.0. The summed E-state index contributed by atoms with van der Waals surface area (Å²) in [6.45, 7) is 1.35. The van der Waals surface area contributed by atoms with E-state index < -0.39 is 11.2 Å². The van der Waals surface area contributed by atoms with Gasteiger partial charge < -0.3 is 15.3 Å². The van der Waals surface area contributed by atoms with Gasteiger partial charge in [0.15, 0.2) is 0 Å². The molecule has 0 bridgehead atoms. The lowest BCUT2D eigenvalue weighted by Gasteiger charge is -2.23. The summed E-state index contributed by atoms with van der Waals surface area (Å²) in [5.41, 5.74) is 0.478. The highest BCUT2D eigenvalue weighted by Gasteiger charge is 2.35. The van der Waals surface area contributed by atoms with Gasteiger partial charge in [0.25, 0.3) is 0 Å². The number of halogens is 1. The van der Waals surface area contributed by atoms with Gasteiger partial charge in [-0.25, -0.2) is 4.39 Å². The first-order chi connectivity index (χ1) is 11.4. The molecule has 0 radical (unpaired) electrons. The molecule has 24 heavy (non-hydrogen) atoms. The average molecular weight is 354 g/mol. The first-order valence-corrected chi connectivity index (χ1v) is 8.61. The topological polar surface area (TPSA) is 86.7 Å². The number of carboxylic acids is 1. The number of rotatable bonds is 8. The van der Waals surface area contributed by atoms with E-state index in [9.17, 15) is 18.8 Å².